The van der Waals surface area contributed by atoms with Crippen molar-refractivity contribution >= 4 is 16.8 Å². The highest BCUT2D eigenvalue weighted by molar-refractivity contribution is 5.88. The maximum atomic E-state index is 12.5. The van der Waals surface area contributed by atoms with Crippen LogP contribution < -0.4 is 5.32 Å². The van der Waals surface area contributed by atoms with Crippen molar-refractivity contribution in [3.63, 3.8) is 0 Å². The molecule has 0 bridgehead atoms. The molecule has 0 aromatic carbocycles. The second-order valence-corrected chi connectivity index (χ2v) is 6.33. The number of aryl methyl sites for hydroxylation is 1. The molecule has 7 heteroatoms. The Morgan fingerprint density at radius 2 is 2.32 bits per heavy atom. The molecule has 132 valence electrons. The van der Waals surface area contributed by atoms with Crippen molar-refractivity contribution in [3.05, 3.63) is 48.1 Å². The van der Waals surface area contributed by atoms with Crippen LogP contribution >= 0.6 is 0 Å². The number of oxazole rings is 1. The minimum absolute atomic E-state index is 0.0867. The van der Waals surface area contributed by atoms with Crippen molar-refractivity contribution in [2.45, 2.75) is 32.9 Å². The number of nitrogens with zero attached hydrogens (tertiary/aromatic N) is 3. The minimum atomic E-state index is 0.0867. The molecule has 2 N–H and O–H groups in total. The predicted octanol–water partition coefficient (Wildman–Crippen LogP) is 2.04. The average molecular weight is 341 g/mol. The molecular weight excluding hydrogens is 318 g/mol. The van der Waals surface area contributed by atoms with Gasteiger partial charge in [-0.2, -0.15) is 0 Å². The first-order valence-corrected chi connectivity index (χ1v) is 8.31. The van der Waals surface area contributed by atoms with Gasteiger partial charge >= 0.3 is 0 Å². The molecule has 0 fully saturated rings. The van der Waals surface area contributed by atoms with Crippen LogP contribution in [0.1, 0.15) is 24.1 Å². The number of amides is 1. The van der Waals surface area contributed by atoms with Gasteiger partial charge < -0.3 is 19.6 Å². The summed E-state index contributed by atoms with van der Waals surface area (Å²) >= 11 is 0. The second kappa shape index (κ2) is 7.48. The summed E-state index contributed by atoms with van der Waals surface area (Å²) in [4.78, 5) is 25.8. The van der Waals surface area contributed by atoms with Gasteiger partial charge in [-0.25, -0.2) is 4.98 Å². The van der Waals surface area contributed by atoms with E-state index in [2.05, 4.69) is 20.3 Å². The Kier molecular flexibility index (Phi) is 5.14. The topological polar surface area (TPSA) is 87.0 Å². The van der Waals surface area contributed by atoms with E-state index in [1.165, 1.54) is 0 Å². The number of nitrogens with one attached hydrogen (secondary N) is 2. The zero-order valence-corrected chi connectivity index (χ0v) is 14.7. The number of H-pyrrole nitrogens is 1. The number of rotatable bonds is 7. The van der Waals surface area contributed by atoms with E-state index in [0.717, 1.165) is 22.2 Å². The van der Waals surface area contributed by atoms with Crippen LogP contribution in [0.25, 0.3) is 10.9 Å². The first kappa shape index (κ1) is 17.2. The number of carbonyl (C=O) groups excluding carboxylic acids is 1. The van der Waals surface area contributed by atoms with Crippen LogP contribution in [0.3, 0.4) is 0 Å². The molecule has 0 aliphatic heterocycles. The Bertz CT molecular complexity index is 854. The quantitative estimate of drug-likeness (QED) is 0.687. The van der Waals surface area contributed by atoms with E-state index in [-0.39, 0.29) is 11.9 Å². The lowest BCUT2D eigenvalue weighted by atomic mass is 10.1. The largest absolute Gasteiger partial charge is 0.449 e. The molecule has 0 radical (unpaired) electrons. The fraction of sp³-hybridized carbons (Fsp3) is 0.389. The standard InChI is InChI=1S/C18H23N5O2/c1-12(20-8-15-11-25-13(2)22-15)10-23(3)18(24)6-14-7-21-17-9-19-5-4-16(14)17/h4-5,7,9,11-12,20-21H,6,8,10H2,1-3H3. The number of hydrogen-bond donors (Lipinski definition) is 2. The van der Waals surface area contributed by atoms with Gasteiger partial charge in [0, 0.05) is 50.9 Å². The first-order chi connectivity index (χ1) is 12.0. The Morgan fingerprint density at radius 3 is 3.08 bits per heavy atom. The first-order valence-electron chi connectivity index (χ1n) is 8.31. The van der Waals surface area contributed by atoms with Gasteiger partial charge in [0.05, 0.1) is 23.8 Å². The lowest BCUT2D eigenvalue weighted by Gasteiger charge is -2.22. The Hall–Kier alpha value is -2.67. The molecule has 3 aromatic rings. The third-order valence-electron chi connectivity index (χ3n) is 4.18. The zero-order chi connectivity index (χ0) is 17.8. The molecular formula is C18H23N5O2. The smallest absolute Gasteiger partial charge is 0.226 e. The van der Waals surface area contributed by atoms with Gasteiger partial charge in [0.2, 0.25) is 5.91 Å². The number of aromatic amines is 1. The van der Waals surface area contributed by atoms with E-state index in [4.69, 9.17) is 4.42 Å². The SMILES string of the molecule is Cc1nc(CNC(C)CN(C)C(=O)Cc2c[nH]c3cnccc23)co1. The van der Waals surface area contributed by atoms with Crippen molar-refractivity contribution in [1.29, 1.82) is 0 Å². The molecule has 25 heavy (non-hydrogen) atoms. The lowest BCUT2D eigenvalue weighted by Crippen LogP contribution is -2.40. The van der Waals surface area contributed by atoms with E-state index >= 15 is 0 Å². The van der Waals surface area contributed by atoms with Gasteiger partial charge in [0.15, 0.2) is 5.89 Å². The summed E-state index contributed by atoms with van der Waals surface area (Å²) in [6, 6.07) is 2.08. The van der Waals surface area contributed by atoms with Crippen LogP contribution in [0.4, 0.5) is 0 Å². The fourth-order valence-corrected chi connectivity index (χ4v) is 2.82. The second-order valence-electron chi connectivity index (χ2n) is 6.33. The van der Waals surface area contributed by atoms with Gasteiger partial charge in [-0.05, 0) is 18.6 Å². The Labute approximate surface area is 146 Å². The maximum absolute atomic E-state index is 12.5. The van der Waals surface area contributed by atoms with Crippen molar-refractivity contribution in [2.75, 3.05) is 13.6 Å². The van der Waals surface area contributed by atoms with Crippen LogP contribution in [0.2, 0.25) is 0 Å². The molecule has 0 aliphatic rings. The summed E-state index contributed by atoms with van der Waals surface area (Å²) in [6.45, 7) is 5.11. The molecule has 1 unspecified atom stereocenters. The highest BCUT2D eigenvalue weighted by atomic mass is 16.3. The number of fused-ring (bicyclic) bond motifs is 1. The summed E-state index contributed by atoms with van der Waals surface area (Å²) in [6.07, 6.45) is 7.41. The molecule has 3 heterocycles. The number of carbonyl (C=O) groups is 1. The molecule has 7 nitrogen and oxygen atoms in total. The molecule has 0 aliphatic carbocycles. The summed E-state index contributed by atoms with van der Waals surface area (Å²) in [7, 11) is 1.83. The molecule has 0 saturated carbocycles. The van der Waals surface area contributed by atoms with E-state index in [1.54, 1.807) is 23.6 Å². The third-order valence-corrected chi connectivity index (χ3v) is 4.18. The van der Waals surface area contributed by atoms with Gasteiger partial charge in [-0.1, -0.05) is 0 Å². The number of hydrogen-bond acceptors (Lipinski definition) is 5. The summed E-state index contributed by atoms with van der Waals surface area (Å²) in [5.41, 5.74) is 2.81. The molecule has 0 saturated heterocycles. The molecule has 1 atom stereocenters. The minimum Gasteiger partial charge on any atom is -0.449 e. The number of aromatic nitrogens is 3. The summed E-state index contributed by atoms with van der Waals surface area (Å²) in [5, 5.41) is 4.40. The summed E-state index contributed by atoms with van der Waals surface area (Å²) in [5.74, 6) is 0.745. The predicted molar refractivity (Wildman–Crippen MR) is 95.0 cm³/mol. The fourth-order valence-electron chi connectivity index (χ4n) is 2.82. The zero-order valence-electron chi connectivity index (χ0n) is 14.7. The molecule has 3 aromatic heterocycles. The van der Waals surface area contributed by atoms with E-state index < -0.39 is 0 Å². The molecule has 0 spiro atoms. The van der Waals surface area contributed by atoms with Crippen LogP contribution in [-0.2, 0) is 17.8 Å². The van der Waals surface area contributed by atoms with Crippen LogP contribution in [0, 0.1) is 6.92 Å². The lowest BCUT2D eigenvalue weighted by molar-refractivity contribution is -0.129. The monoisotopic (exact) mass is 341 g/mol. The van der Waals surface area contributed by atoms with E-state index in [1.807, 2.05) is 33.2 Å². The van der Waals surface area contributed by atoms with Crippen LogP contribution in [-0.4, -0.2) is 45.4 Å². The maximum Gasteiger partial charge on any atom is 0.226 e. The van der Waals surface area contributed by atoms with Crippen LogP contribution in [0.5, 0.6) is 0 Å². The van der Waals surface area contributed by atoms with Gasteiger partial charge in [0.1, 0.15) is 6.26 Å². The Balaban J connectivity index is 1.51. The highest BCUT2D eigenvalue weighted by Crippen LogP contribution is 2.17. The summed E-state index contributed by atoms with van der Waals surface area (Å²) < 4.78 is 5.19. The normalized spacial score (nSPS) is 12.4. The van der Waals surface area contributed by atoms with Gasteiger partial charge in [-0.3, -0.25) is 9.78 Å². The average Bonchev–Trinajstić information content (AvgIpc) is 3.19. The Morgan fingerprint density at radius 1 is 1.48 bits per heavy atom. The van der Waals surface area contributed by atoms with Crippen molar-refractivity contribution in [3.8, 4) is 0 Å². The highest BCUT2D eigenvalue weighted by Gasteiger charge is 2.15. The molecule has 3 rings (SSSR count). The van der Waals surface area contributed by atoms with E-state index in [0.29, 0.717) is 25.4 Å². The number of likely N-dealkylation sites (N-methyl/N-ethyl adjacent to an activating group) is 1. The number of pyridine rings is 1. The van der Waals surface area contributed by atoms with Crippen molar-refractivity contribution < 1.29 is 9.21 Å². The van der Waals surface area contributed by atoms with Gasteiger partial charge in [-0.15, -0.1) is 0 Å². The van der Waals surface area contributed by atoms with Crippen molar-refractivity contribution in [2.24, 2.45) is 0 Å². The van der Waals surface area contributed by atoms with E-state index in [9.17, 15) is 4.79 Å². The van der Waals surface area contributed by atoms with Crippen molar-refractivity contribution in [1.82, 2.24) is 25.2 Å². The molecule has 1 amide bonds. The third kappa shape index (κ3) is 4.24. The van der Waals surface area contributed by atoms with Crippen LogP contribution in [0.15, 0.2) is 35.3 Å². The van der Waals surface area contributed by atoms with Gasteiger partial charge in [0.25, 0.3) is 0 Å².